The number of ether oxygens (including phenoxy) is 4. The third kappa shape index (κ3) is 6.81. The average molecular weight is 499 g/mol. The lowest BCUT2D eigenvalue weighted by atomic mass is 10.1. The van der Waals surface area contributed by atoms with Crippen molar-refractivity contribution in [2.75, 3.05) is 39.5 Å². The van der Waals surface area contributed by atoms with Gasteiger partial charge < -0.3 is 24.3 Å². The van der Waals surface area contributed by atoms with Gasteiger partial charge in [0.05, 0.1) is 31.3 Å². The molecule has 3 aromatic rings. The highest BCUT2D eigenvalue weighted by Crippen LogP contribution is 2.35. The molecule has 0 fully saturated rings. The number of hydrogen-bond acceptors (Lipinski definition) is 8. The van der Waals surface area contributed by atoms with E-state index in [2.05, 4.69) is 10.3 Å². The van der Waals surface area contributed by atoms with Crippen LogP contribution in [0.4, 0.5) is 5.82 Å². The smallest absolute Gasteiger partial charge is 0.257 e. The van der Waals surface area contributed by atoms with Crippen LogP contribution < -0.4 is 19.5 Å². The first-order valence-corrected chi connectivity index (χ1v) is 12.3. The van der Waals surface area contributed by atoms with Crippen molar-refractivity contribution in [2.45, 2.75) is 4.90 Å². The summed E-state index contributed by atoms with van der Waals surface area (Å²) >= 11 is 0. The molecule has 10 heteroatoms. The molecule has 3 rings (SSSR count). The van der Waals surface area contributed by atoms with E-state index in [9.17, 15) is 13.2 Å². The predicted molar refractivity (Wildman–Crippen MR) is 132 cm³/mol. The zero-order chi connectivity index (χ0) is 25.4. The topological polar surface area (TPSA) is 113 Å². The standard InChI is InChI=1S/C25H26N2O7S/c1-31-13-5-6-21-22(33-3)14-17(25(28)27-24-16-19(32-2)11-12-26-24)15-23(21)34-18-7-9-20(10-8-18)35(4,29)30/h5-12,14-16H,13H2,1-4H3,(H,26,27,28)/b6-5+. The number of carbonyl (C=O) groups excluding carboxylic acids is 1. The molecule has 9 nitrogen and oxygen atoms in total. The molecule has 1 amide bonds. The summed E-state index contributed by atoms with van der Waals surface area (Å²) in [6, 6.07) is 12.4. The van der Waals surface area contributed by atoms with Crippen LogP contribution in [0.1, 0.15) is 15.9 Å². The van der Waals surface area contributed by atoms with Gasteiger partial charge in [-0.2, -0.15) is 0 Å². The van der Waals surface area contributed by atoms with Crippen molar-refractivity contribution in [2.24, 2.45) is 0 Å². The van der Waals surface area contributed by atoms with E-state index in [1.165, 1.54) is 32.5 Å². The Bertz CT molecular complexity index is 1320. The van der Waals surface area contributed by atoms with E-state index < -0.39 is 15.7 Å². The predicted octanol–water partition coefficient (Wildman–Crippen LogP) is 4.21. The number of nitrogens with zero attached hydrogens (tertiary/aromatic N) is 1. The summed E-state index contributed by atoms with van der Waals surface area (Å²) in [4.78, 5) is 17.3. The van der Waals surface area contributed by atoms with Gasteiger partial charge in [-0.1, -0.05) is 6.08 Å². The highest BCUT2D eigenvalue weighted by molar-refractivity contribution is 7.90. The molecule has 0 aliphatic carbocycles. The van der Waals surface area contributed by atoms with Gasteiger partial charge in [0, 0.05) is 31.2 Å². The fourth-order valence-electron chi connectivity index (χ4n) is 3.09. The first kappa shape index (κ1) is 25.7. The van der Waals surface area contributed by atoms with Crippen molar-refractivity contribution in [3.05, 3.63) is 71.9 Å². The van der Waals surface area contributed by atoms with Crippen molar-refractivity contribution in [3.63, 3.8) is 0 Å². The molecule has 1 heterocycles. The van der Waals surface area contributed by atoms with E-state index in [4.69, 9.17) is 18.9 Å². The minimum absolute atomic E-state index is 0.168. The van der Waals surface area contributed by atoms with E-state index in [-0.39, 0.29) is 10.5 Å². The Morgan fingerprint density at radius 3 is 2.31 bits per heavy atom. The Kier molecular flexibility index (Phi) is 8.45. The van der Waals surface area contributed by atoms with Gasteiger partial charge >= 0.3 is 0 Å². The zero-order valence-electron chi connectivity index (χ0n) is 19.8. The highest BCUT2D eigenvalue weighted by Gasteiger charge is 2.17. The number of anilines is 1. The highest BCUT2D eigenvalue weighted by atomic mass is 32.2. The van der Waals surface area contributed by atoms with Crippen LogP contribution in [0.5, 0.6) is 23.0 Å². The molecular weight excluding hydrogens is 472 g/mol. The number of pyridine rings is 1. The quantitative estimate of drug-likeness (QED) is 0.442. The van der Waals surface area contributed by atoms with Gasteiger partial charge in [-0.3, -0.25) is 4.79 Å². The third-order valence-corrected chi connectivity index (χ3v) is 5.95. The van der Waals surface area contributed by atoms with Crippen molar-refractivity contribution in [3.8, 4) is 23.0 Å². The first-order valence-electron chi connectivity index (χ1n) is 10.4. The van der Waals surface area contributed by atoms with Gasteiger partial charge in [0.25, 0.3) is 5.91 Å². The second-order valence-electron chi connectivity index (χ2n) is 7.33. The summed E-state index contributed by atoms with van der Waals surface area (Å²) in [5.41, 5.74) is 0.839. The van der Waals surface area contributed by atoms with Gasteiger partial charge in [0.1, 0.15) is 28.8 Å². The summed E-state index contributed by atoms with van der Waals surface area (Å²) in [7, 11) is 1.23. The van der Waals surface area contributed by atoms with Crippen LogP contribution in [0, 0.1) is 0 Å². The molecule has 1 N–H and O–H groups in total. The summed E-state index contributed by atoms with van der Waals surface area (Å²) < 4.78 is 45.3. The van der Waals surface area contributed by atoms with Gasteiger partial charge in [0.2, 0.25) is 0 Å². The van der Waals surface area contributed by atoms with Gasteiger partial charge in [-0.25, -0.2) is 13.4 Å². The minimum atomic E-state index is -3.35. The fourth-order valence-corrected chi connectivity index (χ4v) is 3.72. The lowest BCUT2D eigenvalue weighted by Crippen LogP contribution is -2.13. The van der Waals surface area contributed by atoms with Crippen molar-refractivity contribution < 1.29 is 32.2 Å². The number of benzene rings is 2. The number of amides is 1. The molecule has 0 aliphatic rings. The molecule has 35 heavy (non-hydrogen) atoms. The van der Waals surface area contributed by atoms with Crippen LogP contribution in [0.25, 0.3) is 6.08 Å². The maximum absolute atomic E-state index is 13.0. The lowest BCUT2D eigenvalue weighted by molar-refractivity contribution is 0.102. The Morgan fingerprint density at radius 1 is 0.971 bits per heavy atom. The molecule has 0 saturated heterocycles. The molecule has 0 spiro atoms. The molecule has 0 radical (unpaired) electrons. The number of carbonyl (C=O) groups is 1. The number of aromatic nitrogens is 1. The number of rotatable bonds is 10. The Labute approximate surface area is 204 Å². The SMILES string of the molecule is COC/C=C/c1c(OC)cc(C(=O)Nc2cc(OC)ccn2)cc1Oc1ccc(S(C)(=O)=O)cc1. The largest absolute Gasteiger partial charge is 0.497 e. The van der Waals surface area contributed by atoms with Gasteiger partial charge in [0.15, 0.2) is 9.84 Å². The third-order valence-electron chi connectivity index (χ3n) is 4.82. The lowest BCUT2D eigenvalue weighted by Gasteiger charge is -2.15. The summed E-state index contributed by atoms with van der Waals surface area (Å²) in [6.07, 6.45) is 6.18. The van der Waals surface area contributed by atoms with Crippen LogP contribution in [-0.2, 0) is 14.6 Å². The van der Waals surface area contributed by atoms with E-state index in [0.29, 0.717) is 41.0 Å². The van der Waals surface area contributed by atoms with Gasteiger partial charge in [-0.15, -0.1) is 0 Å². The van der Waals surface area contributed by atoms with E-state index in [0.717, 1.165) is 6.26 Å². The molecule has 184 valence electrons. The van der Waals surface area contributed by atoms with E-state index in [1.54, 1.807) is 55.7 Å². The van der Waals surface area contributed by atoms with Crippen LogP contribution in [0.2, 0.25) is 0 Å². The summed E-state index contributed by atoms with van der Waals surface area (Å²) in [6.45, 7) is 0.357. The molecule has 0 saturated carbocycles. The molecule has 1 aromatic heterocycles. The number of hydrogen-bond donors (Lipinski definition) is 1. The monoisotopic (exact) mass is 498 g/mol. The van der Waals surface area contributed by atoms with Crippen molar-refractivity contribution in [1.82, 2.24) is 4.98 Å². The Balaban J connectivity index is 2.00. The van der Waals surface area contributed by atoms with Crippen LogP contribution in [0.3, 0.4) is 0 Å². The minimum Gasteiger partial charge on any atom is -0.497 e. The Morgan fingerprint density at radius 2 is 1.69 bits per heavy atom. The maximum atomic E-state index is 13.0. The normalized spacial score (nSPS) is 11.3. The number of sulfone groups is 1. The maximum Gasteiger partial charge on any atom is 0.257 e. The van der Waals surface area contributed by atoms with E-state index in [1.807, 2.05) is 0 Å². The van der Waals surface area contributed by atoms with Crippen LogP contribution in [-0.4, -0.2) is 53.5 Å². The molecule has 0 bridgehead atoms. The number of nitrogens with one attached hydrogen (secondary N) is 1. The molecule has 2 aromatic carbocycles. The van der Waals surface area contributed by atoms with Gasteiger partial charge in [-0.05, 0) is 48.5 Å². The fraction of sp³-hybridized carbons (Fsp3) is 0.200. The Hall–Kier alpha value is -3.89. The molecular formula is C25H26N2O7S. The molecule has 0 unspecified atom stereocenters. The number of methoxy groups -OCH3 is 3. The second-order valence-corrected chi connectivity index (χ2v) is 9.34. The average Bonchev–Trinajstić information content (AvgIpc) is 2.84. The van der Waals surface area contributed by atoms with Crippen LogP contribution >= 0.6 is 0 Å². The van der Waals surface area contributed by atoms with Crippen molar-refractivity contribution in [1.29, 1.82) is 0 Å². The first-order chi connectivity index (χ1) is 16.7. The second kappa shape index (κ2) is 11.5. The summed E-state index contributed by atoms with van der Waals surface area (Å²) in [5, 5.41) is 2.73. The van der Waals surface area contributed by atoms with E-state index >= 15 is 0 Å². The zero-order valence-corrected chi connectivity index (χ0v) is 20.6. The molecule has 0 atom stereocenters. The van der Waals surface area contributed by atoms with Crippen molar-refractivity contribution >= 4 is 27.6 Å². The summed E-state index contributed by atoms with van der Waals surface area (Å²) in [5.74, 6) is 1.53. The molecule has 0 aliphatic heterocycles. The van der Waals surface area contributed by atoms with Crippen LogP contribution in [0.15, 0.2) is 65.7 Å².